The molecule has 0 radical (unpaired) electrons. The van der Waals surface area contributed by atoms with E-state index in [4.69, 9.17) is 0 Å². The van der Waals surface area contributed by atoms with Gasteiger partial charge in [0, 0.05) is 12.6 Å². The fourth-order valence-electron chi connectivity index (χ4n) is 2.04. The number of carbonyl (C=O) groups is 1. The molecule has 0 unspecified atom stereocenters. The topological polar surface area (TPSA) is 32.3 Å². The average molecular weight is 262 g/mol. The zero-order valence-electron chi connectivity index (χ0n) is 12.8. The minimum atomic E-state index is 0.0987. The molecule has 1 aromatic carbocycles. The number of rotatable bonds is 6. The molecule has 3 nitrogen and oxygen atoms in total. The first-order chi connectivity index (χ1) is 8.92. The summed E-state index contributed by atoms with van der Waals surface area (Å²) in [5.41, 5.74) is 3.84. The van der Waals surface area contributed by atoms with Crippen molar-refractivity contribution in [1.82, 2.24) is 10.2 Å². The number of hydrogen-bond acceptors (Lipinski definition) is 2. The van der Waals surface area contributed by atoms with Crippen molar-refractivity contribution >= 4 is 5.91 Å². The molecule has 3 heteroatoms. The molecule has 0 saturated heterocycles. The summed E-state index contributed by atoms with van der Waals surface area (Å²) in [5, 5.41) is 2.99. The van der Waals surface area contributed by atoms with Crippen LogP contribution < -0.4 is 5.32 Å². The molecule has 1 rings (SSSR count). The Kier molecular flexibility index (Phi) is 6.03. The van der Waals surface area contributed by atoms with Crippen molar-refractivity contribution in [2.75, 3.05) is 13.6 Å². The number of hydrogen-bond donors (Lipinski definition) is 1. The molecule has 0 heterocycles. The van der Waals surface area contributed by atoms with E-state index in [1.54, 1.807) is 0 Å². The Morgan fingerprint density at radius 3 is 2.63 bits per heavy atom. The third-order valence-electron chi connectivity index (χ3n) is 3.37. The lowest BCUT2D eigenvalue weighted by Gasteiger charge is -2.19. The quantitative estimate of drug-likeness (QED) is 0.855. The summed E-state index contributed by atoms with van der Waals surface area (Å²) in [4.78, 5) is 13.9. The summed E-state index contributed by atoms with van der Waals surface area (Å²) in [7, 11) is 1.98. The summed E-state index contributed by atoms with van der Waals surface area (Å²) in [6.45, 7) is 9.57. The lowest BCUT2D eigenvalue weighted by atomic mass is 10.1. The number of amides is 1. The van der Waals surface area contributed by atoms with E-state index in [1.807, 2.05) is 14.0 Å². The number of nitrogens with zero attached hydrogens (tertiary/aromatic N) is 1. The number of nitrogens with one attached hydrogen (secondary N) is 1. The summed E-state index contributed by atoms with van der Waals surface area (Å²) in [5.74, 6) is 0.0987. The third-order valence-corrected chi connectivity index (χ3v) is 3.37. The lowest BCUT2D eigenvalue weighted by molar-refractivity contribution is -0.122. The van der Waals surface area contributed by atoms with Crippen LogP contribution in [0, 0.1) is 13.8 Å². The molecule has 0 aliphatic heterocycles. The summed E-state index contributed by atoms with van der Waals surface area (Å²) < 4.78 is 0. The summed E-state index contributed by atoms with van der Waals surface area (Å²) in [6, 6.07) is 6.70. The van der Waals surface area contributed by atoms with Crippen LogP contribution in [0.25, 0.3) is 0 Å². The van der Waals surface area contributed by atoms with Gasteiger partial charge in [0.15, 0.2) is 0 Å². The molecule has 19 heavy (non-hydrogen) atoms. The molecule has 0 aromatic heterocycles. The van der Waals surface area contributed by atoms with Gasteiger partial charge < -0.3 is 5.32 Å². The summed E-state index contributed by atoms with van der Waals surface area (Å²) in [6.07, 6.45) is 0.965. The van der Waals surface area contributed by atoms with Gasteiger partial charge in [-0.25, -0.2) is 0 Å². The van der Waals surface area contributed by atoms with E-state index in [0.29, 0.717) is 6.54 Å². The Morgan fingerprint density at radius 1 is 1.37 bits per heavy atom. The van der Waals surface area contributed by atoms with Crippen LogP contribution in [0.2, 0.25) is 0 Å². The van der Waals surface area contributed by atoms with Gasteiger partial charge in [0.2, 0.25) is 5.91 Å². The van der Waals surface area contributed by atoms with Crippen LogP contribution in [0.3, 0.4) is 0 Å². The predicted octanol–water partition coefficient (Wildman–Crippen LogP) is 2.65. The first-order valence-electron chi connectivity index (χ1n) is 6.96. The van der Waals surface area contributed by atoms with Gasteiger partial charge in [-0.1, -0.05) is 30.7 Å². The Morgan fingerprint density at radius 2 is 2.05 bits per heavy atom. The van der Waals surface area contributed by atoms with Crippen molar-refractivity contribution in [2.24, 2.45) is 0 Å². The Hall–Kier alpha value is -1.35. The highest BCUT2D eigenvalue weighted by atomic mass is 16.2. The van der Waals surface area contributed by atoms with Crippen molar-refractivity contribution in [1.29, 1.82) is 0 Å². The average Bonchev–Trinajstić information content (AvgIpc) is 2.32. The number of carbonyl (C=O) groups excluding carboxylic acids is 1. The van der Waals surface area contributed by atoms with Gasteiger partial charge in [0.25, 0.3) is 0 Å². The maximum absolute atomic E-state index is 11.8. The van der Waals surface area contributed by atoms with Gasteiger partial charge in [-0.05, 0) is 45.4 Å². The molecule has 1 N–H and O–H groups in total. The van der Waals surface area contributed by atoms with Crippen LogP contribution in [0.4, 0.5) is 0 Å². The maximum Gasteiger partial charge on any atom is 0.234 e. The largest absolute Gasteiger partial charge is 0.353 e. The molecule has 0 aliphatic carbocycles. The van der Waals surface area contributed by atoms with E-state index in [0.717, 1.165) is 13.0 Å². The Balaban J connectivity index is 2.50. The molecule has 106 valence electrons. The van der Waals surface area contributed by atoms with Gasteiger partial charge in [0.1, 0.15) is 0 Å². The highest BCUT2D eigenvalue weighted by Gasteiger charge is 2.10. The maximum atomic E-state index is 11.8. The van der Waals surface area contributed by atoms with Gasteiger partial charge in [-0.15, -0.1) is 0 Å². The third kappa shape index (κ3) is 5.43. The van der Waals surface area contributed by atoms with Gasteiger partial charge in [0.05, 0.1) is 6.54 Å². The minimum absolute atomic E-state index is 0.0987. The van der Waals surface area contributed by atoms with Crippen molar-refractivity contribution < 1.29 is 4.79 Å². The van der Waals surface area contributed by atoms with Crippen LogP contribution in [-0.2, 0) is 11.3 Å². The molecular formula is C16H26N2O. The zero-order valence-corrected chi connectivity index (χ0v) is 12.8. The fourth-order valence-corrected chi connectivity index (χ4v) is 2.04. The van der Waals surface area contributed by atoms with Crippen LogP contribution in [-0.4, -0.2) is 30.4 Å². The van der Waals surface area contributed by atoms with Crippen molar-refractivity contribution in [2.45, 2.75) is 46.7 Å². The van der Waals surface area contributed by atoms with E-state index in [-0.39, 0.29) is 11.9 Å². The molecular weight excluding hydrogens is 236 g/mol. The number of likely N-dealkylation sites (N-methyl/N-ethyl adjacent to an activating group) is 1. The SMILES string of the molecule is CC[C@H](C)NC(=O)CN(C)Cc1ccc(C)cc1C. The van der Waals surface area contributed by atoms with E-state index >= 15 is 0 Å². The first-order valence-corrected chi connectivity index (χ1v) is 6.96. The monoisotopic (exact) mass is 262 g/mol. The fraction of sp³-hybridized carbons (Fsp3) is 0.562. The van der Waals surface area contributed by atoms with E-state index in [9.17, 15) is 4.79 Å². The molecule has 0 bridgehead atoms. The summed E-state index contributed by atoms with van der Waals surface area (Å²) >= 11 is 0. The normalized spacial score (nSPS) is 12.5. The highest BCUT2D eigenvalue weighted by molar-refractivity contribution is 5.78. The first kappa shape index (κ1) is 15.7. The van der Waals surface area contributed by atoms with E-state index in [1.165, 1.54) is 16.7 Å². The molecule has 0 saturated carbocycles. The second-order valence-electron chi connectivity index (χ2n) is 5.48. The van der Waals surface area contributed by atoms with Crippen molar-refractivity contribution in [3.05, 3.63) is 34.9 Å². The Labute approximate surface area is 117 Å². The van der Waals surface area contributed by atoms with Crippen molar-refractivity contribution in [3.8, 4) is 0 Å². The van der Waals surface area contributed by atoms with Crippen LogP contribution >= 0.6 is 0 Å². The minimum Gasteiger partial charge on any atom is -0.353 e. The zero-order chi connectivity index (χ0) is 14.4. The molecule has 1 aromatic rings. The van der Waals surface area contributed by atoms with Gasteiger partial charge >= 0.3 is 0 Å². The lowest BCUT2D eigenvalue weighted by Crippen LogP contribution is -2.39. The highest BCUT2D eigenvalue weighted by Crippen LogP contribution is 2.12. The van der Waals surface area contributed by atoms with Crippen LogP contribution in [0.15, 0.2) is 18.2 Å². The second-order valence-corrected chi connectivity index (χ2v) is 5.48. The molecule has 0 spiro atoms. The van der Waals surface area contributed by atoms with E-state index in [2.05, 4.69) is 49.2 Å². The molecule has 0 fully saturated rings. The molecule has 0 aliphatic rings. The number of aryl methyl sites for hydroxylation is 2. The van der Waals surface area contributed by atoms with Crippen molar-refractivity contribution in [3.63, 3.8) is 0 Å². The van der Waals surface area contributed by atoms with E-state index < -0.39 is 0 Å². The molecule has 1 atom stereocenters. The Bertz CT molecular complexity index is 429. The standard InChI is InChI=1S/C16H26N2O/c1-6-14(4)17-16(19)11-18(5)10-15-8-7-12(2)9-13(15)3/h7-9,14H,6,10-11H2,1-5H3,(H,17,19)/t14-/m0/s1. The van der Waals surface area contributed by atoms with Gasteiger partial charge in [-0.2, -0.15) is 0 Å². The molecule has 1 amide bonds. The second kappa shape index (κ2) is 7.29. The smallest absolute Gasteiger partial charge is 0.234 e. The number of benzene rings is 1. The predicted molar refractivity (Wildman–Crippen MR) is 80.1 cm³/mol. The van der Waals surface area contributed by atoms with Crippen LogP contribution in [0.5, 0.6) is 0 Å². The van der Waals surface area contributed by atoms with Gasteiger partial charge in [-0.3, -0.25) is 9.69 Å². The van der Waals surface area contributed by atoms with Crippen LogP contribution in [0.1, 0.15) is 37.0 Å².